The van der Waals surface area contributed by atoms with Gasteiger partial charge in [0.15, 0.2) is 17.5 Å². The average Bonchev–Trinajstić information content (AvgIpc) is 3.62. The molecule has 1 N–H and O–H groups in total. The first-order chi connectivity index (χ1) is 19.5. The van der Waals surface area contributed by atoms with E-state index in [1.54, 1.807) is 19.2 Å². The van der Waals surface area contributed by atoms with E-state index in [0.717, 1.165) is 30.0 Å². The van der Waals surface area contributed by atoms with E-state index in [9.17, 15) is 8.78 Å². The molecular weight excluding hydrogens is 538 g/mol. The van der Waals surface area contributed by atoms with Crippen molar-refractivity contribution in [3.8, 4) is 34.3 Å². The molecule has 1 aliphatic carbocycles. The highest BCUT2D eigenvalue weighted by atomic mass is 35.5. The molecule has 0 unspecified atom stereocenters. The summed E-state index contributed by atoms with van der Waals surface area (Å²) < 4.78 is 42.5. The summed E-state index contributed by atoms with van der Waals surface area (Å²) in [6, 6.07) is 13.3. The zero-order valence-electron chi connectivity index (χ0n) is 21.8. The predicted octanol–water partition coefficient (Wildman–Crippen LogP) is 6.98. The summed E-state index contributed by atoms with van der Waals surface area (Å²) in [5.41, 5.74) is 3.19. The molecule has 0 saturated heterocycles. The molecule has 0 spiro atoms. The van der Waals surface area contributed by atoms with Gasteiger partial charge in [-0.3, -0.25) is 0 Å². The van der Waals surface area contributed by atoms with Gasteiger partial charge >= 0.3 is 0 Å². The molecule has 0 aliphatic heterocycles. The zero-order valence-corrected chi connectivity index (χ0v) is 22.6. The number of methoxy groups -OCH3 is 1. The molecule has 2 heterocycles. The van der Waals surface area contributed by atoms with E-state index >= 15 is 0 Å². The number of halogens is 3. The van der Waals surface area contributed by atoms with Gasteiger partial charge in [0.2, 0.25) is 0 Å². The lowest BCUT2D eigenvalue weighted by Crippen LogP contribution is -2.15. The lowest BCUT2D eigenvalue weighted by Gasteiger charge is -2.23. The number of fused-ring (bicyclic) bond motifs is 1. The Hall–Kier alpha value is -4.05. The smallest absolute Gasteiger partial charge is 0.179 e. The number of aromatic nitrogens is 6. The number of nitrogens with zero attached hydrogens (tertiary/aromatic N) is 5. The minimum Gasteiger partial charge on any atom is -0.496 e. The van der Waals surface area contributed by atoms with Crippen LogP contribution < -0.4 is 9.47 Å². The topological polar surface area (TPSA) is 90.7 Å². The Kier molecular flexibility index (Phi) is 7.34. The molecule has 0 amide bonds. The molecule has 1 saturated carbocycles. The van der Waals surface area contributed by atoms with Crippen LogP contribution in [0.5, 0.6) is 11.5 Å². The number of nitrogens with one attached hydrogen (secondary N) is 1. The lowest BCUT2D eigenvalue weighted by atomic mass is 9.89. The first kappa shape index (κ1) is 26.2. The molecule has 206 valence electrons. The van der Waals surface area contributed by atoms with Crippen LogP contribution in [0.2, 0.25) is 5.02 Å². The van der Waals surface area contributed by atoms with Crippen LogP contribution in [0.3, 0.4) is 0 Å². The van der Waals surface area contributed by atoms with Gasteiger partial charge in [0.25, 0.3) is 0 Å². The van der Waals surface area contributed by atoms with Crippen molar-refractivity contribution in [2.75, 3.05) is 7.11 Å². The number of H-pyrrole nitrogens is 1. The molecular formula is C29H27ClF2N6O2. The first-order valence-corrected chi connectivity index (χ1v) is 13.6. The zero-order chi connectivity index (χ0) is 27.6. The number of ether oxygens (including phenoxy) is 2. The Bertz CT molecular complexity index is 1650. The van der Waals surface area contributed by atoms with Crippen molar-refractivity contribution in [1.82, 2.24) is 30.2 Å². The van der Waals surface area contributed by atoms with Crippen molar-refractivity contribution in [1.29, 1.82) is 0 Å². The second-order valence-corrected chi connectivity index (χ2v) is 10.4. The molecule has 5 aromatic rings. The van der Waals surface area contributed by atoms with Crippen LogP contribution >= 0.6 is 11.6 Å². The SMILES string of the molecule is COc1cc(-c2nnn[nH]2)ccc1COc1cc(Cl)ccc1-c1nc2cc(F)c(F)cc2n1CC1CCCCC1. The molecule has 11 heteroatoms. The highest BCUT2D eigenvalue weighted by Crippen LogP contribution is 2.37. The van der Waals surface area contributed by atoms with Gasteiger partial charge < -0.3 is 14.0 Å². The molecule has 3 aromatic carbocycles. The third kappa shape index (κ3) is 5.23. The van der Waals surface area contributed by atoms with Crippen LogP contribution in [-0.4, -0.2) is 37.3 Å². The van der Waals surface area contributed by atoms with E-state index in [4.69, 9.17) is 26.1 Å². The van der Waals surface area contributed by atoms with E-state index in [-0.39, 0.29) is 6.61 Å². The second kappa shape index (κ2) is 11.2. The van der Waals surface area contributed by atoms with Crippen molar-refractivity contribution in [3.63, 3.8) is 0 Å². The first-order valence-electron chi connectivity index (χ1n) is 13.2. The fourth-order valence-electron chi connectivity index (χ4n) is 5.39. The Morgan fingerprint density at radius 1 is 1.00 bits per heavy atom. The normalized spacial score (nSPS) is 14.1. The Morgan fingerprint density at radius 2 is 1.82 bits per heavy atom. The number of aromatic amines is 1. The Balaban J connectivity index is 1.37. The van der Waals surface area contributed by atoms with Gasteiger partial charge in [0.05, 0.1) is 23.7 Å². The van der Waals surface area contributed by atoms with Crippen molar-refractivity contribution in [2.45, 2.75) is 45.3 Å². The quantitative estimate of drug-likeness (QED) is 0.218. The van der Waals surface area contributed by atoms with Gasteiger partial charge in [-0.1, -0.05) is 43.0 Å². The predicted molar refractivity (Wildman–Crippen MR) is 147 cm³/mol. The summed E-state index contributed by atoms with van der Waals surface area (Å²) in [6.07, 6.45) is 5.74. The molecule has 40 heavy (non-hydrogen) atoms. The molecule has 8 nitrogen and oxygen atoms in total. The maximum atomic E-state index is 14.4. The summed E-state index contributed by atoms with van der Waals surface area (Å²) in [5.74, 6) is 0.813. The number of rotatable bonds is 8. The van der Waals surface area contributed by atoms with Crippen molar-refractivity contribution in [2.24, 2.45) is 5.92 Å². The van der Waals surface area contributed by atoms with Crippen LogP contribution in [0.1, 0.15) is 37.7 Å². The number of hydrogen-bond donors (Lipinski definition) is 1. The maximum Gasteiger partial charge on any atom is 0.179 e. The monoisotopic (exact) mass is 564 g/mol. The van der Waals surface area contributed by atoms with Crippen molar-refractivity contribution >= 4 is 22.6 Å². The van der Waals surface area contributed by atoms with Crippen molar-refractivity contribution in [3.05, 3.63) is 70.8 Å². The molecule has 0 atom stereocenters. The van der Waals surface area contributed by atoms with Gasteiger partial charge in [-0.25, -0.2) is 18.9 Å². The summed E-state index contributed by atoms with van der Waals surface area (Å²) in [7, 11) is 1.58. The van der Waals surface area contributed by atoms with E-state index in [0.29, 0.717) is 57.2 Å². The highest BCUT2D eigenvalue weighted by molar-refractivity contribution is 6.30. The molecule has 6 rings (SSSR count). The molecule has 1 fully saturated rings. The van der Waals surface area contributed by atoms with Gasteiger partial charge in [-0.05, 0) is 53.5 Å². The minimum absolute atomic E-state index is 0.178. The second-order valence-electron chi connectivity index (χ2n) is 10.0. The average molecular weight is 565 g/mol. The fourth-order valence-corrected chi connectivity index (χ4v) is 5.55. The van der Waals surface area contributed by atoms with Gasteiger partial charge in [0, 0.05) is 34.8 Å². The number of benzene rings is 3. The maximum absolute atomic E-state index is 14.4. The van der Waals surface area contributed by atoms with Crippen LogP contribution in [0.25, 0.3) is 33.8 Å². The van der Waals surface area contributed by atoms with E-state index in [1.165, 1.54) is 25.3 Å². The lowest BCUT2D eigenvalue weighted by molar-refractivity contribution is 0.297. The van der Waals surface area contributed by atoms with Crippen LogP contribution in [0.4, 0.5) is 8.78 Å². The third-order valence-corrected chi connectivity index (χ3v) is 7.66. The highest BCUT2D eigenvalue weighted by Gasteiger charge is 2.23. The standard InChI is InChI=1S/C29H27ClF2N6O2/c1-39-26-11-18(28-34-36-37-35-28)7-8-19(26)16-40-27-12-20(30)9-10-21(27)29-33-24-13-22(31)23(32)14-25(24)38(29)15-17-5-3-2-4-6-17/h7-14,17H,2-6,15-16H2,1H3,(H,34,35,36,37). The molecule has 0 radical (unpaired) electrons. The van der Waals surface area contributed by atoms with Crippen LogP contribution in [0, 0.1) is 17.6 Å². The Morgan fingerprint density at radius 3 is 2.60 bits per heavy atom. The van der Waals surface area contributed by atoms with E-state index in [2.05, 4.69) is 20.6 Å². The summed E-state index contributed by atoms with van der Waals surface area (Å²) in [6.45, 7) is 0.836. The summed E-state index contributed by atoms with van der Waals surface area (Å²) in [5, 5.41) is 14.4. The van der Waals surface area contributed by atoms with Gasteiger partial charge in [0.1, 0.15) is 23.9 Å². The molecule has 2 aromatic heterocycles. The largest absolute Gasteiger partial charge is 0.496 e. The number of tetrazole rings is 1. The Labute approximate surface area is 234 Å². The third-order valence-electron chi connectivity index (χ3n) is 7.43. The molecule has 0 bridgehead atoms. The van der Waals surface area contributed by atoms with Crippen LogP contribution in [0.15, 0.2) is 48.5 Å². The number of hydrogen-bond acceptors (Lipinski definition) is 6. The minimum atomic E-state index is -0.925. The van der Waals surface area contributed by atoms with Gasteiger partial charge in [-0.15, -0.1) is 5.10 Å². The fraction of sp³-hybridized carbons (Fsp3) is 0.310. The summed E-state index contributed by atoms with van der Waals surface area (Å²) >= 11 is 6.38. The number of imidazole rings is 1. The van der Waals surface area contributed by atoms with Crippen molar-refractivity contribution < 1.29 is 18.3 Å². The van der Waals surface area contributed by atoms with E-state index < -0.39 is 11.6 Å². The molecule has 1 aliphatic rings. The summed E-state index contributed by atoms with van der Waals surface area (Å²) in [4.78, 5) is 4.76. The van der Waals surface area contributed by atoms with E-state index in [1.807, 2.05) is 28.8 Å². The van der Waals surface area contributed by atoms with Gasteiger partial charge in [-0.2, -0.15) is 0 Å². The van der Waals surface area contributed by atoms with Crippen LogP contribution in [-0.2, 0) is 13.2 Å².